The molecule has 2 aromatic rings. The van der Waals surface area contributed by atoms with Crippen molar-refractivity contribution >= 4 is 11.8 Å². The first-order chi connectivity index (χ1) is 10.1. The zero-order chi connectivity index (χ0) is 14.8. The number of aromatic nitrogens is 2. The summed E-state index contributed by atoms with van der Waals surface area (Å²) in [5, 5.41) is 8.81. The average Bonchev–Trinajstić information content (AvgIpc) is 2.98. The van der Waals surface area contributed by atoms with E-state index in [0.717, 1.165) is 25.1 Å². The highest BCUT2D eigenvalue weighted by molar-refractivity contribution is 5.84. The highest BCUT2D eigenvalue weighted by Crippen LogP contribution is 2.29. The molecule has 1 aromatic heterocycles. The quantitative estimate of drug-likeness (QED) is 0.938. The zero-order valence-corrected chi connectivity index (χ0v) is 11.2. The van der Waals surface area contributed by atoms with E-state index in [2.05, 4.69) is 14.9 Å². The van der Waals surface area contributed by atoms with E-state index >= 15 is 0 Å². The molecule has 3 rings (SSSR count). The number of rotatable bonds is 3. The first-order valence-electron chi connectivity index (χ1n) is 6.69. The van der Waals surface area contributed by atoms with E-state index in [1.54, 1.807) is 0 Å². The molecule has 0 amide bonds. The largest absolute Gasteiger partial charge is 0.476 e. The smallest absolute Gasteiger partial charge is 0.356 e. The van der Waals surface area contributed by atoms with Crippen LogP contribution < -0.4 is 4.90 Å². The van der Waals surface area contributed by atoms with Crippen LogP contribution in [0.3, 0.4) is 0 Å². The lowest BCUT2D eigenvalue weighted by molar-refractivity contribution is 0.0690. The normalized spacial score (nSPS) is 18.0. The Morgan fingerprint density at radius 3 is 2.62 bits per heavy atom. The summed E-state index contributed by atoms with van der Waals surface area (Å²) >= 11 is 0. The van der Waals surface area contributed by atoms with Crippen LogP contribution in [-0.2, 0) is 0 Å². The van der Waals surface area contributed by atoms with Crippen molar-refractivity contribution in [1.82, 2.24) is 9.97 Å². The van der Waals surface area contributed by atoms with Crippen LogP contribution in [0.25, 0.3) is 0 Å². The van der Waals surface area contributed by atoms with Gasteiger partial charge in [0.15, 0.2) is 5.69 Å². The third-order valence-corrected chi connectivity index (χ3v) is 3.71. The van der Waals surface area contributed by atoms with Crippen molar-refractivity contribution in [2.45, 2.75) is 12.3 Å². The third kappa shape index (κ3) is 2.84. The van der Waals surface area contributed by atoms with Crippen LogP contribution in [0.15, 0.2) is 36.7 Å². The molecule has 6 heteroatoms. The van der Waals surface area contributed by atoms with Crippen molar-refractivity contribution < 1.29 is 14.3 Å². The molecule has 0 saturated carbocycles. The minimum Gasteiger partial charge on any atom is -0.476 e. The standard InChI is InChI=1S/C15H14FN3O2/c16-12-3-1-10(2-4-12)11-5-6-19(9-11)14-8-17-13(7-18-14)15(20)21/h1-4,7-8,11H,5-6,9H2,(H,20,21). The van der Waals surface area contributed by atoms with Crippen molar-refractivity contribution in [3.05, 3.63) is 53.7 Å². The van der Waals surface area contributed by atoms with Gasteiger partial charge in [0.1, 0.15) is 11.6 Å². The van der Waals surface area contributed by atoms with Gasteiger partial charge in [-0.05, 0) is 24.1 Å². The molecule has 1 aromatic carbocycles. The van der Waals surface area contributed by atoms with Gasteiger partial charge in [0, 0.05) is 19.0 Å². The van der Waals surface area contributed by atoms with Gasteiger partial charge in [-0.3, -0.25) is 0 Å². The zero-order valence-electron chi connectivity index (χ0n) is 11.2. The predicted octanol–water partition coefficient (Wildman–Crippen LogP) is 2.31. The molecule has 1 atom stereocenters. The highest BCUT2D eigenvalue weighted by atomic mass is 19.1. The van der Waals surface area contributed by atoms with E-state index in [-0.39, 0.29) is 11.5 Å². The fourth-order valence-electron chi connectivity index (χ4n) is 2.57. The Morgan fingerprint density at radius 1 is 1.24 bits per heavy atom. The molecule has 0 radical (unpaired) electrons. The van der Waals surface area contributed by atoms with Gasteiger partial charge in [0.25, 0.3) is 0 Å². The van der Waals surface area contributed by atoms with Crippen molar-refractivity contribution in [2.75, 3.05) is 18.0 Å². The number of halogens is 1. The van der Waals surface area contributed by atoms with E-state index < -0.39 is 5.97 Å². The number of carboxylic acids is 1. The average molecular weight is 287 g/mol. The van der Waals surface area contributed by atoms with Gasteiger partial charge in [-0.1, -0.05) is 12.1 Å². The molecule has 0 spiro atoms. The van der Waals surface area contributed by atoms with Crippen molar-refractivity contribution in [2.24, 2.45) is 0 Å². The first-order valence-corrected chi connectivity index (χ1v) is 6.69. The van der Waals surface area contributed by atoms with E-state index in [9.17, 15) is 9.18 Å². The number of carboxylic acid groups (broad SMARTS) is 1. The van der Waals surface area contributed by atoms with Crippen LogP contribution in [0.2, 0.25) is 0 Å². The maximum atomic E-state index is 12.9. The molecule has 0 bridgehead atoms. The minimum absolute atomic E-state index is 0.0620. The number of benzene rings is 1. The Hall–Kier alpha value is -2.50. The number of nitrogens with zero attached hydrogens (tertiary/aromatic N) is 3. The summed E-state index contributed by atoms with van der Waals surface area (Å²) in [6.07, 6.45) is 3.70. The van der Waals surface area contributed by atoms with E-state index in [4.69, 9.17) is 5.11 Å². The lowest BCUT2D eigenvalue weighted by atomic mass is 9.99. The molecule has 1 aliphatic rings. The van der Waals surface area contributed by atoms with Gasteiger partial charge in [-0.15, -0.1) is 0 Å². The second-order valence-corrected chi connectivity index (χ2v) is 5.05. The Balaban J connectivity index is 1.71. The van der Waals surface area contributed by atoms with Gasteiger partial charge < -0.3 is 10.0 Å². The highest BCUT2D eigenvalue weighted by Gasteiger charge is 2.25. The summed E-state index contributed by atoms with van der Waals surface area (Å²) in [6.45, 7) is 1.59. The molecular weight excluding hydrogens is 273 g/mol. The van der Waals surface area contributed by atoms with Crippen LogP contribution in [0.1, 0.15) is 28.4 Å². The maximum Gasteiger partial charge on any atom is 0.356 e. The maximum absolute atomic E-state index is 12.9. The van der Waals surface area contributed by atoms with Gasteiger partial charge in [0.05, 0.1) is 12.4 Å². The number of carbonyl (C=O) groups is 1. The Kier molecular flexibility index (Phi) is 3.51. The van der Waals surface area contributed by atoms with Gasteiger partial charge >= 0.3 is 5.97 Å². The minimum atomic E-state index is -1.08. The van der Waals surface area contributed by atoms with E-state index in [1.165, 1.54) is 24.5 Å². The summed E-state index contributed by atoms with van der Waals surface area (Å²) < 4.78 is 12.9. The number of hydrogen-bond donors (Lipinski definition) is 1. The summed E-state index contributed by atoms with van der Waals surface area (Å²) in [4.78, 5) is 20.8. The predicted molar refractivity (Wildman–Crippen MR) is 75.0 cm³/mol. The molecule has 1 N–H and O–H groups in total. The Bertz CT molecular complexity index is 643. The number of aromatic carboxylic acids is 1. The number of anilines is 1. The summed E-state index contributed by atoms with van der Waals surface area (Å²) in [7, 11) is 0. The summed E-state index contributed by atoms with van der Waals surface area (Å²) in [5.41, 5.74) is 1.04. The van der Waals surface area contributed by atoms with Crippen LogP contribution in [0.5, 0.6) is 0 Å². The molecule has 1 unspecified atom stereocenters. The Labute approximate surface area is 121 Å². The molecule has 5 nitrogen and oxygen atoms in total. The lowest BCUT2D eigenvalue weighted by Crippen LogP contribution is -2.21. The summed E-state index contributed by atoms with van der Waals surface area (Å²) in [6, 6.07) is 6.56. The van der Waals surface area contributed by atoms with Crippen molar-refractivity contribution in [1.29, 1.82) is 0 Å². The second-order valence-electron chi connectivity index (χ2n) is 5.05. The lowest BCUT2D eigenvalue weighted by Gasteiger charge is -2.17. The SMILES string of the molecule is O=C(O)c1cnc(N2CCC(c3ccc(F)cc3)C2)cn1. The van der Waals surface area contributed by atoms with E-state index in [1.807, 2.05) is 12.1 Å². The molecule has 1 aliphatic heterocycles. The van der Waals surface area contributed by atoms with Gasteiger partial charge in [-0.25, -0.2) is 19.2 Å². The monoisotopic (exact) mass is 287 g/mol. The van der Waals surface area contributed by atoms with Crippen molar-refractivity contribution in [3.8, 4) is 0 Å². The molecule has 2 heterocycles. The first kappa shape index (κ1) is 13.5. The third-order valence-electron chi connectivity index (χ3n) is 3.71. The topological polar surface area (TPSA) is 66.3 Å². The molecule has 21 heavy (non-hydrogen) atoms. The van der Waals surface area contributed by atoms with Crippen molar-refractivity contribution in [3.63, 3.8) is 0 Å². The van der Waals surface area contributed by atoms with E-state index in [0.29, 0.717) is 11.7 Å². The molecule has 108 valence electrons. The van der Waals surface area contributed by atoms with Crippen LogP contribution >= 0.6 is 0 Å². The van der Waals surface area contributed by atoms with Gasteiger partial charge in [0.2, 0.25) is 0 Å². The van der Waals surface area contributed by atoms with Gasteiger partial charge in [-0.2, -0.15) is 0 Å². The molecule has 0 aliphatic carbocycles. The van der Waals surface area contributed by atoms with Crippen LogP contribution in [0.4, 0.5) is 10.2 Å². The van der Waals surface area contributed by atoms with Crippen LogP contribution in [-0.4, -0.2) is 34.1 Å². The molecule has 1 saturated heterocycles. The second kappa shape index (κ2) is 5.47. The summed E-state index contributed by atoms with van der Waals surface area (Å²) in [5.74, 6) is -0.320. The molecule has 1 fully saturated rings. The Morgan fingerprint density at radius 2 is 2.00 bits per heavy atom. The molecular formula is C15H14FN3O2. The fourth-order valence-corrected chi connectivity index (χ4v) is 2.57. The fraction of sp³-hybridized carbons (Fsp3) is 0.267. The van der Waals surface area contributed by atoms with Crippen LogP contribution in [0, 0.1) is 5.82 Å². The number of hydrogen-bond acceptors (Lipinski definition) is 4.